The zero-order chi connectivity index (χ0) is 18.7. The van der Waals surface area contributed by atoms with E-state index in [4.69, 9.17) is 21.7 Å². The maximum atomic E-state index is 13.0. The minimum absolute atomic E-state index is 0.174. The molecule has 2 aromatic carbocycles. The van der Waals surface area contributed by atoms with Crippen molar-refractivity contribution < 1.29 is 14.3 Å². The lowest BCUT2D eigenvalue weighted by Gasteiger charge is -2.16. The van der Waals surface area contributed by atoms with Gasteiger partial charge in [-0.2, -0.15) is 0 Å². The highest BCUT2D eigenvalue weighted by atomic mass is 32.1. The van der Waals surface area contributed by atoms with Crippen LogP contribution in [-0.2, 0) is 4.79 Å². The van der Waals surface area contributed by atoms with Gasteiger partial charge in [0.05, 0.1) is 19.4 Å². The van der Waals surface area contributed by atoms with Gasteiger partial charge >= 0.3 is 0 Å². The molecule has 5 nitrogen and oxygen atoms in total. The van der Waals surface area contributed by atoms with Crippen LogP contribution in [0.25, 0.3) is 6.08 Å². The van der Waals surface area contributed by atoms with Crippen molar-refractivity contribution in [1.82, 2.24) is 4.90 Å². The van der Waals surface area contributed by atoms with Gasteiger partial charge in [0, 0.05) is 12.6 Å². The molecule has 0 spiro atoms. The Bertz CT molecular complexity index is 862. The number of hydrogen-bond donors (Lipinski definition) is 0. The number of carbonyl (C=O) groups excluding carboxylic acids is 1. The molecular weight excluding hydrogens is 348 g/mol. The SMILES string of the molecule is CCOc1ccc(N2C(=O)/C(=C/c3ccccc3OC)N(C)C2=S)cc1. The molecule has 1 saturated heterocycles. The van der Waals surface area contributed by atoms with Crippen molar-refractivity contribution in [3.63, 3.8) is 0 Å². The predicted molar refractivity (Wildman–Crippen MR) is 106 cm³/mol. The average Bonchev–Trinajstić information content (AvgIpc) is 2.87. The Hall–Kier alpha value is -2.86. The van der Waals surface area contributed by atoms with Gasteiger partial charge in [-0.1, -0.05) is 18.2 Å². The number of carbonyl (C=O) groups is 1. The molecule has 2 aromatic rings. The van der Waals surface area contributed by atoms with E-state index in [1.807, 2.05) is 55.5 Å². The molecule has 1 fully saturated rings. The summed E-state index contributed by atoms with van der Waals surface area (Å²) in [5.74, 6) is 1.28. The molecule has 1 amide bonds. The van der Waals surface area contributed by atoms with Gasteiger partial charge in [-0.25, -0.2) is 0 Å². The zero-order valence-corrected chi connectivity index (χ0v) is 15.7. The molecule has 1 aliphatic heterocycles. The Morgan fingerprint density at radius 1 is 1.12 bits per heavy atom. The lowest BCUT2D eigenvalue weighted by atomic mass is 10.1. The summed E-state index contributed by atoms with van der Waals surface area (Å²) in [5, 5.41) is 0.431. The third-order valence-electron chi connectivity index (χ3n) is 4.10. The minimum atomic E-state index is -0.174. The molecule has 1 heterocycles. The molecule has 0 saturated carbocycles. The second-order valence-electron chi connectivity index (χ2n) is 5.68. The van der Waals surface area contributed by atoms with E-state index >= 15 is 0 Å². The monoisotopic (exact) mass is 368 g/mol. The Morgan fingerprint density at radius 3 is 2.46 bits per heavy atom. The van der Waals surface area contributed by atoms with Gasteiger partial charge in [0.1, 0.15) is 17.2 Å². The van der Waals surface area contributed by atoms with Crippen molar-refractivity contribution in [1.29, 1.82) is 0 Å². The topological polar surface area (TPSA) is 42.0 Å². The van der Waals surface area contributed by atoms with Gasteiger partial charge in [-0.3, -0.25) is 9.69 Å². The van der Waals surface area contributed by atoms with Crippen LogP contribution in [0.15, 0.2) is 54.2 Å². The highest BCUT2D eigenvalue weighted by molar-refractivity contribution is 7.80. The van der Waals surface area contributed by atoms with E-state index in [-0.39, 0.29) is 5.91 Å². The number of methoxy groups -OCH3 is 1. The first-order chi connectivity index (χ1) is 12.6. The summed E-state index contributed by atoms with van der Waals surface area (Å²) in [7, 11) is 3.39. The van der Waals surface area contributed by atoms with E-state index in [2.05, 4.69) is 0 Å². The molecule has 0 unspecified atom stereocenters. The number of thiocarbonyl (C=S) groups is 1. The first-order valence-corrected chi connectivity index (χ1v) is 8.67. The van der Waals surface area contributed by atoms with Gasteiger partial charge in [-0.15, -0.1) is 0 Å². The Labute approximate surface area is 158 Å². The lowest BCUT2D eigenvalue weighted by Crippen LogP contribution is -2.31. The number of amides is 1. The van der Waals surface area contributed by atoms with Crippen LogP contribution in [0, 0.1) is 0 Å². The molecular formula is C20H20N2O3S. The number of benzene rings is 2. The standard InChI is InChI=1S/C20H20N2O3S/c1-4-25-16-11-9-15(10-12-16)22-19(23)17(21(2)20(22)26)13-14-7-5-6-8-18(14)24-3/h5-13H,4H2,1-3H3/b17-13-. The molecule has 3 rings (SSSR count). The van der Waals surface area contributed by atoms with Crippen molar-refractivity contribution >= 4 is 35.0 Å². The fourth-order valence-corrected chi connectivity index (χ4v) is 3.06. The van der Waals surface area contributed by atoms with Gasteiger partial charge in [-0.05, 0) is 55.5 Å². The molecule has 0 aromatic heterocycles. The van der Waals surface area contributed by atoms with Crippen molar-refractivity contribution in [2.24, 2.45) is 0 Å². The van der Waals surface area contributed by atoms with Crippen molar-refractivity contribution in [2.75, 3.05) is 25.7 Å². The largest absolute Gasteiger partial charge is 0.496 e. The van der Waals surface area contributed by atoms with Crippen molar-refractivity contribution in [3.05, 3.63) is 59.8 Å². The summed E-state index contributed by atoms with van der Waals surface area (Å²) in [6.45, 7) is 2.52. The maximum Gasteiger partial charge on any atom is 0.281 e. The van der Waals surface area contributed by atoms with E-state index < -0.39 is 0 Å². The van der Waals surface area contributed by atoms with Crippen LogP contribution in [0.4, 0.5) is 5.69 Å². The Morgan fingerprint density at radius 2 is 1.81 bits per heavy atom. The molecule has 0 atom stereocenters. The van der Waals surface area contributed by atoms with Gasteiger partial charge in [0.2, 0.25) is 0 Å². The van der Waals surface area contributed by atoms with Crippen LogP contribution in [0.1, 0.15) is 12.5 Å². The third-order valence-corrected chi connectivity index (χ3v) is 4.56. The van der Waals surface area contributed by atoms with E-state index in [0.717, 1.165) is 11.3 Å². The van der Waals surface area contributed by atoms with E-state index in [1.54, 1.807) is 25.1 Å². The molecule has 1 aliphatic rings. The number of nitrogens with zero attached hydrogens (tertiary/aromatic N) is 2. The number of para-hydroxylation sites is 1. The summed E-state index contributed by atoms with van der Waals surface area (Å²) >= 11 is 5.49. The van der Waals surface area contributed by atoms with E-state index in [9.17, 15) is 4.79 Å². The van der Waals surface area contributed by atoms with E-state index in [1.165, 1.54) is 4.90 Å². The number of rotatable bonds is 5. The lowest BCUT2D eigenvalue weighted by molar-refractivity contribution is -0.114. The van der Waals surface area contributed by atoms with Crippen LogP contribution in [0.5, 0.6) is 11.5 Å². The Balaban J connectivity index is 1.95. The predicted octanol–water partition coefficient (Wildman–Crippen LogP) is 3.70. The highest BCUT2D eigenvalue weighted by Crippen LogP contribution is 2.30. The summed E-state index contributed by atoms with van der Waals surface area (Å²) in [6, 6.07) is 14.9. The molecule has 0 aliphatic carbocycles. The third kappa shape index (κ3) is 3.28. The second-order valence-corrected chi connectivity index (χ2v) is 6.05. The summed E-state index contributed by atoms with van der Waals surface area (Å²) in [4.78, 5) is 16.2. The van der Waals surface area contributed by atoms with Crippen LogP contribution < -0.4 is 14.4 Å². The number of anilines is 1. The van der Waals surface area contributed by atoms with Gasteiger partial charge in [0.25, 0.3) is 5.91 Å². The normalized spacial score (nSPS) is 15.7. The van der Waals surface area contributed by atoms with Gasteiger partial charge < -0.3 is 14.4 Å². The van der Waals surface area contributed by atoms with Crippen LogP contribution in [0.3, 0.4) is 0 Å². The van der Waals surface area contributed by atoms with Crippen LogP contribution in [0.2, 0.25) is 0 Å². The molecule has 6 heteroatoms. The van der Waals surface area contributed by atoms with Crippen LogP contribution >= 0.6 is 12.2 Å². The zero-order valence-electron chi connectivity index (χ0n) is 14.9. The quantitative estimate of drug-likeness (QED) is 0.595. The minimum Gasteiger partial charge on any atom is -0.496 e. The highest BCUT2D eigenvalue weighted by Gasteiger charge is 2.36. The molecule has 0 N–H and O–H groups in total. The van der Waals surface area contributed by atoms with Crippen molar-refractivity contribution in [3.8, 4) is 11.5 Å². The molecule has 0 radical (unpaired) electrons. The number of likely N-dealkylation sites (N-methyl/N-ethyl adjacent to an activating group) is 1. The first-order valence-electron chi connectivity index (χ1n) is 8.26. The summed E-state index contributed by atoms with van der Waals surface area (Å²) in [5.41, 5.74) is 2.02. The summed E-state index contributed by atoms with van der Waals surface area (Å²) in [6.07, 6.45) is 1.79. The Kier molecular flexibility index (Phi) is 5.23. The fraction of sp³-hybridized carbons (Fsp3) is 0.200. The van der Waals surface area contributed by atoms with E-state index in [0.29, 0.717) is 28.9 Å². The smallest absolute Gasteiger partial charge is 0.281 e. The second kappa shape index (κ2) is 7.58. The fourth-order valence-electron chi connectivity index (χ4n) is 2.78. The van der Waals surface area contributed by atoms with Crippen molar-refractivity contribution in [2.45, 2.75) is 6.92 Å². The van der Waals surface area contributed by atoms with Crippen LogP contribution in [-0.4, -0.2) is 36.7 Å². The number of ether oxygens (including phenoxy) is 2. The number of hydrogen-bond acceptors (Lipinski definition) is 4. The summed E-state index contributed by atoms with van der Waals surface area (Å²) < 4.78 is 10.8. The molecule has 0 bridgehead atoms. The molecule has 26 heavy (non-hydrogen) atoms. The maximum absolute atomic E-state index is 13.0. The van der Waals surface area contributed by atoms with Gasteiger partial charge in [0.15, 0.2) is 5.11 Å². The molecule has 134 valence electrons. The average molecular weight is 368 g/mol. The first kappa shape index (κ1) is 17.9.